The van der Waals surface area contributed by atoms with Crippen molar-refractivity contribution in [3.8, 4) is 11.3 Å². The fraction of sp³-hybridized carbons (Fsp3) is 0.120. The van der Waals surface area contributed by atoms with Gasteiger partial charge in [-0.25, -0.2) is 0 Å². The summed E-state index contributed by atoms with van der Waals surface area (Å²) in [5, 5.41) is 0.697. The standard InChI is InChI=1S/C25H21ClN2OS/c1-17-23(20-13-15-21(26)16-14-20)28(2)25(30-17)27-24(29)22(18-9-5-3-6-10-18)19-11-7-4-8-12-19/h3-16,22H,1-2H3. The van der Waals surface area contributed by atoms with E-state index in [-0.39, 0.29) is 5.91 Å². The summed E-state index contributed by atoms with van der Waals surface area (Å²) in [6.45, 7) is 2.05. The minimum atomic E-state index is -0.436. The van der Waals surface area contributed by atoms with Gasteiger partial charge in [0.1, 0.15) is 0 Å². The van der Waals surface area contributed by atoms with E-state index in [1.807, 2.05) is 103 Å². The lowest BCUT2D eigenvalue weighted by molar-refractivity contribution is -0.118. The first-order valence-electron chi connectivity index (χ1n) is 9.65. The van der Waals surface area contributed by atoms with E-state index in [1.54, 1.807) is 0 Å². The number of hydrogen-bond acceptors (Lipinski definition) is 2. The summed E-state index contributed by atoms with van der Waals surface area (Å²) < 4.78 is 1.98. The van der Waals surface area contributed by atoms with Crippen molar-refractivity contribution in [2.75, 3.05) is 0 Å². The molecule has 4 rings (SSSR count). The predicted octanol–water partition coefficient (Wildman–Crippen LogP) is 5.97. The molecule has 0 aliphatic rings. The van der Waals surface area contributed by atoms with E-state index in [0.29, 0.717) is 9.82 Å². The molecule has 0 N–H and O–H groups in total. The Bertz CT molecular complexity index is 1190. The SMILES string of the molecule is Cc1sc(=NC(=O)C(c2ccccc2)c2ccccc2)n(C)c1-c1ccc(Cl)cc1. The lowest BCUT2D eigenvalue weighted by Gasteiger charge is -2.14. The van der Waals surface area contributed by atoms with Gasteiger partial charge in [-0.15, -0.1) is 11.3 Å². The van der Waals surface area contributed by atoms with Gasteiger partial charge < -0.3 is 4.57 Å². The first kappa shape index (κ1) is 20.3. The fourth-order valence-electron chi connectivity index (χ4n) is 3.62. The molecule has 4 aromatic rings. The van der Waals surface area contributed by atoms with Crippen molar-refractivity contribution >= 4 is 28.8 Å². The van der Waals surface area contributed by atoms with Crippen molar-refractivity contribution in [2.24, 2.45) is 12.0 Å². The van der Waals surface area contributed by atoms with Crippen molar-refractivity contribution in [1.29, 1.82) is 0 Å². The Kier molecular flexibility index (Phi) is 5.98. The van der Waals surface area contributed by atoms with Crippen molar-refractivity contribution in [3.05, 3.63) is 111 Å². The van der Waals surface area contributed by atoms with Gasteiger partial charge in [0, 0.05) is 16.9 Å². The van der Waals surface area contributed by atoms with E-state index in [2.05, 4.69) is 4.99 Å². The van der Waals surface area contributed by atoms with E-state index < -0.39 is 5.92 Å². The number of aromatic nitrogens is 1. The zero-order valence-electron chi connectivity index (χ0n) is 16.7. The number of amides is 1. The highest BCUT2D eigenvalue weighted by Gasteiger charge is 2.22. The molecule has 3 nitrogen and oxygen atoms in total. The van der Waals surface area contributed by atoms with Gasteiger partial charge in [-0.1, -0.05) is 84.4 Å². The zero-order chi connectivity index (χ0) is 21.1. The lowest BCUT2D eigenvalue weighted by Crippen LogP contribution is -2.19. The van der Waals surface area contributed by atoms with Crippen LogP contribution in [0.1, 0.15) is 21.9 Å². The number of carbonyl (C=O) groups excluding carboxylic acids is 1. The molecule has 5 heteroatoms. The van der Waals surface area contributed by atoms with Crippen LogP contribution in [0.5, 0.6) is 0 Å². The number of aryl methyl sites for hydroxylation is 1. The highest BCUT2D eigenvalue weighted by Crippen LogP contribution is 2.28. The van der Waals surface area contributed by atoms with Gasteiger partial charge in [-0.05, 0) is 35.7 Å². The van der Waals surface area contributed by atoms with E-state index in [1.165, 1.54) is 11.3 Å². The second-order valence-electron chi connectivity index (χ2n) is 7.06. The molecule has 0 bridgehead atoms. The Morgan fingerprint density at radius 2 is 1.43 bits per heavy atom. The van der Waals surface area contributed by atoms with Crippen LogP contribution in [0.25, 0.3) is 11.3 Å². The Balaban J connectivity index is 1.79. The van der Waals surface area contributed by atoms with Gasteiger partial charge in [-0.3, -0.25) is 4.79 Å². The number of halogens is 1. The molecule has 0 spiro atoms. The number of benzene rings is 3. The summed E-state index contributed by atoms with van der Waals surface area (Å²) in [6, 6.07) is 27.3. The summed E-state index contributed by atoms with van der Waals surface area (Å²) in [5.74, 6) is -0.610. The molecule has 0 radical (unpaired) electrons. The molecule has 0 unspecified atom stereocenters. The smallest absolute Gasteiger partial charge is 0.260 e. The molecule has 0 saturated carbocycles. The summed E-state index contributed by atoms with van der Waals surface area (Å²) in [4.78, 5) is 19.7. The molecule has 0 saturated heterocycles. The molecule has 150 valence electrons. The molecule has 1 aromatic heterocycles. The first-order valence-corrected chi connectivity index (χ1v) is 10.8. The molecule has 1 heterocycles. The third kappa shape index (κ3) is 4.16. The topological polar surface area (TPSA) is 34.4 Å². The van der Waals surface area contributed by atoms with Crippen LogP contribution in [0.4, 0.5) is 0 Å². The fourth-order valence-corrected chi connectivity index (χ4v) is 4.73. The number of hydrogen-bond donors (Lipinski definition) is 0. The quantitative estimate of drug-likeness (QED) is 0.391. The molecule has 0 aliphatic carbocycles. The summed E-state index contributed by atoms with van der Waals surface area (Å²) in [6.07, 6.45) is 0. The maximum atomic E-state index is 13.4. The first-order chi connectivity index (χ1) is 14.5. The van der Waals surface area contributed by atoms with Crippen molar-refractivity contribution < 1.29 is 4.79 Å². The van der Waals surface area contributed by atoms with Gasteiger partial charge >= 0.3 is 0 Å². The molecular weight excluding hydrogens is 412 g/mol. The van der Waals surface area contributed by atoms with Crippen LogP contribution in [0, 0.1) is 6.92 Å². The third-order valence-electron chi connectivity index (χ3n) is 5.04. The summed E-state index contributed by atoms with van der Waals surface area (Å²) in [7, 11) is 1.94. The molecule has 0 fully saturated rings. The monoisotopic (exact) mass is 432 g/mol. The Hall–Kier alpha value is -2.95. The minimum absolute atomic E-state index is 0.174. The van der Waals surface area contributed by atoms with Crippen LogP contribution in [0.15, 0.2) is 89.9 Å². The lowest BCUT2D eigenvalue weighted by atomic mass is 9.91. The Morgan fingerprint density at radius 3 is 1.97 bits per heavy atom. The van der Waals surface area contributed by atoms with E-state index in [0.717, 1.165) is 27.3 Å². The molecule has 0 aliphatic heterocycles. The van der Waals surface area contributed by atoms with Gasteiger partial charge in [0.25, 0.3) is 5.91 Å². The predicted molar refractivity (Wildman–Crippen MR) is 124 cm³/mol. The molecule has 3 aromatic carbocycles. The van der Waals surface area contributed by atoms with Crippen LogP contribution >= 0.6 is 22.9 Å². The van der Waals surface area contributed by atoms with E-state index in [4.69, 9.17) is 11.6 Å². The van der Waals surface area contributed by atoms with Crippen LogP contribution in [-0.4, -0.2) is 10.5 Å². The second kappa shape index (κ2) is 8.82. The Labute approximate surface area is 184 Å². The molecule has 1 amide bonds. The zero-order valence-corrected chi connectivity index (χ0v) is 18.3. The van der Waals surface area contributed by atoms with Crippen LogP contribution in [0.2, 0.25) is 5.02 Å². The number of rotatable bonds is 4. The minimum Gasteiger partial charge on any atom is -0.319 e. The van der Waals surface area contributed by atoms with Gasteiger partial charge in [-0.2, -0.15) is 4.99 Å². The summed E-state index contributed by atoms with van der Waals surface area (Å²) in [5.41, 5.74) is 3.96. The maximum Gasteiger partial charge on any atom is 0.260 e. The normalized spacial score (nSPS) is 11.8. The van der Waals surface area contributed by atoms with Gasteiger partial charge in [0.2, 0.25) is 0 Å². The number of nitrogens with zero attached hydrogens (tertiary/aromatic N) is 2. The molecule has 30 heavy (non-hydrogen) atoms. The largest absolute Gasteiger partial charge is 0.319 e. The van der Waals surface area contributed by atoms with Crippen molar-refractivity contribution in [1.82, 2.24) is 4.57 Å². The average molecular weight is 433 g/mol. The van der Waals surface area contributed by atoms with E-state index >= 15 is 0 Å². The molecular formula is C25H21ClN2OS. The number of thiazole rings is 1. The highest BCUT2D eigenvalue weighted by molar-refractivity contribution is 7.09. The Morgan fingerprint density at radius 1 is 0.900 bits per heavy atom. The third-order valence-corrected chi connectivity index (χ3v) is 6.34. The van der Waals surface area contributed by atoms with Crippen LogP contribution in [-0.2, 0) is 11.8 Å². The van der Waals surface area contributed by atoms with Gasteiger partial charge in [0.15, 0.2) is 4.80 Å². The number of carbonyl (C=O) groups is 1. The van der Waals surface area contributed by atoms with Gasteiger partial charge in [0.05, 0.1) is 11.6 Å². The van der Waals surface area contributed by atoms with E-state index in [9.17, 15) is 4.79 Å². The average Bonchev–Trinajstić information content (AvgIpc) is 3.03. The van der Waals surface area contributed by atoms with Crippen LogP contribution in [0.3, 0.4) is 0 Å². The van der Waals surface area contributed by atoms with Crippen molar-refractivity contribution in [2.45, 2.75) is 12.8 Å². The van der Waals surface area contributed by atoms with Crippen LogP contribution < -0.4 is 4.80 Å². The summed E-state index contributed by atoms with van der Waals surface area (Å²) >= 11 is 7.56. The van der Waals surface area contributed by atoms with Crippen molar-refractivity contribution in [3.63, 3.8) is 0 Å². The second-order valence-corrected chi connectivity index (χ2v) is 8.68. The highest BCUT2D eigenvalue weighted by atomic mass is 35.5. The molecule has 0 atom stereocenters. The maximum absolute atomic E-state index is 13.4.